The third kappa shape index (κ3) is 6.74. The number of aromatic nitrogens is 1. The molecule has 1 amide bonds. The van der Waals surface area contributed by atoms with Crippen LogP contribution >= 0.6 is 11.3 Å². The average molecular weight is 397 g/mol. The van der Waals surface area contributed by atoms with Crippen LogP contribution in [0.25, 0.3) is 0 Å². The molecule has 2 N–H and O–H groups in total. The van der Waals surface area contributed by atoms with Crippen molar-refractivity contribution >= 4 is 34.4 Å². The molecule has 0 bridgehead atoms. The van der Waals surface area contributed by atoms with Gasteiger partial charge in [-0.3, -0.25) is 4.21 Å². The summed E-state index contributed by atoms with van der Waals surface area (Å²) in [7, 11) is 0. The summed E-state index contributed by atoms with van der Waals surface area (Å²) in [5.41, 5.74) is 1.58. The van der Waals surface area contributed by atoms with Gasteiger partial charge < -0.3 is 19.3 Å². The third-order valence-electron chi connectivity index (χ3n) is 3.28. The summed E-state index contributed by atoms with van der Waals surface area (Å²) in [5, 5.41) is 5.69. The fraction of sp³-hybridized carbons (Fsp3) is 0.412. The van der Waals surface area contributed by atoms with E-state index in [0.717, 1.165) is 16.3 Å². The van der Waals surface area contributed by atoms with Crippen molar-refractivity contribution in [2.24, 2.45) is 0 Å². The van der Waals surface area contributed by atoms with Gasteiger partial charge in [0.15, 0.2) is 0 Å². The number of hydrogen-bond acceptors (Lipinski definition) is 6. The number of thiazole rings is 1. The molecule has 2 aromatic rings. The van der Waals surface area contributed by atoms with Crippen LogP contribution in [-0.2, 0) is 22.4 Å². The Morgan fingerprint density at radius 3 is 2.50 bits per heavy atom. The van der Waals surface area contributed by atoms with E-state index in [9.17, 15) is 13.6 Å². The topological polar surface area (TPSA) is 103 Å². The van der Waals surface area contributed by atoms with Crippen molar-refractivity contribution in [2.45, 2.75) is 45.8 Å². The van der Waals surface area contributed by atoms with Gasteiger partial charge in [0.1, 0.15) is 5.60 Å². The lowest BCUT2D eigenvalue weighted by Gasteiger charge is -2.23. The van der Waals surface area contributed by atoms with Crippen LogP contribution < -0.4 is 10.0 Å². The molecular weight excluding hydrogens is 374 g/mol. The molecule has 9 heteroatoms. The van der Waals surface area contributed by atoms with Gasteiger partial charge >= 0.3 is 6.09 Å². The van der Waals surface area contributed by atoms with Gasteiger partial charge in [0, 0.05) is 22.3 Å². The number of carbonyl (C=O) groups excluding carboxylic acids is 1. The highest BCUT2D eigenvalue weighted by Crippen LogP contribution is 2.22. The van der Waals surface area contributed by atoms with Crippen LogP contribution in [0.3, 0.4) is 0 Å². The van der Waals surface area contributed by atoms with E-state index in [1.165, 1.54) is 11.3 Å². The van der Waals surface area contributed by atoms with Crippen molar-refractivity contribution in [1.82, 2.24) is 10.3 Å². The monoisotopic (exact) mass is 396 g/mol. The Labute approximate surface area is 159 Å². The van der Waals surface area contributed by atoms with Crippen molar-refractivity contribution in [2.75, 3.05) is 4.72 Å². The van der Waals surface area contributed by atoms with Crippen LogP contribution in [0, 0.1) is 6.92 Å². The van der Waals surface area contributed by atoms with Gasteiger partial charge in [-0.1, -0.05) is 12.1 Å². The Hall–Kier alpha value is -1.97. The van der Waals surface area contributed by atoms with E-state index >= 15 is 0 Å². The van der Waals surface area contributed by atoms with Gasteiger partial charge in [0.25, 0.3) is 0 Å². The molecule has 0 aliphatic heterocycles. The van der Waals surface area contributed by atoms with E-state index < -0.39 is 23.0 Å². The highest BCUT2D eigenvalue weighted by molar-refractivity contribution is 7.80. The largest absolute Gasteiger partial charge is 0.755 e. The zero-order valence-corrected chi connectivity index (χ0v) is 16.7. The van der Waals surface area contributed by atoms with Gasteiger partial charge in [0.2, 0.25) is 0 Å². The lowest BCUT2D eigenvalue weighted by molar-refractivity contribution is 0.0502. The number of hydrogen-bond donors (Lipinski definition) is 2. The van der Waals surface area contributed by atoms with Crippen LogP contribution in [0.4, 0.5) is 10.5 Å². The number of nitrogens with one attached hydrogen (secondary N) is 2. The first kappa shape index (κ1) is 20.3. The van der Waals surface area contributed by atoms with E-state index in [1.807, 2.05) is 12.3 Å². The quantitative estimate of drug-likeness (QED) is 0.728. The lowest BCUT2D eigenvalue weighted by Crippen LogP contribution is -2.36. The number of anilines is 1. The zero-order chi connectivity index (χ0) is 19.3. The highest BCUT2D eigenvalue weighted by atomic mass is 32.2. The predicted molar refractivity (Wildman–Crippen MR) is 102 cm³/mol. The molecule has 0 saturated carbocycles. The molecule has 2 atom stereocenters. The lowest BCUT2D eigenvalue weighted by atomic mass is 10.0. The number of carbonyl (C=O) groups is 1. The summed E-state index contributed by atoms with van der Waals surface area (Å²) in [5.74, 6) is 0. The van der Waals surface area contributed by atoms with Crippen LogP contribution in [0.1, 0.15) is 43.1 Å². The van der Waals surface area contributed by atoms with Gasteiger partial charge in [-0.05, 0) is 51.8 Å². The second-order valence-electron chi connectivity index (χ2n) is 6.73. The molecule has 0 radical (unpaired) electrons. The second kappa shape index (κ2) is 8.61. The number of alkyl carbamates (subject to hydrolysis) is 1. The maximum absolute atomic E-state index is 12.2. The predicted octanol–water partition coefficient (Wildman–Crippen LogP) is 3.47. The molecule has 1 aromatic heterocycles. The molecule has 0 aliphatic rings. The van der Waals surface area contributed by atoms with Crippen molar-refractivity contribution in [1.29, 1.82) is 0 Å². The first-order valence-electron chi connectivity index (χ1n) is 7.99. The zero-order valence-electron chi connectivity index (χ0n) is 15.1. The second-order valence-corrected chi connectivity index (χ2v) is 8.46. The summed E-state index contributed by atoms with van der Waals surface area (Å²) >= 11 is -0.850. The van der Waals surface area contributed by atoms with Crippen LogP contribution in [-0.4, -0.2) is 25.4 Å². The number of amides is 1. The van der Waals surface area contributed by atoms with Crippen molar-refractivity contribution in [3.63, 3.8) is 0 Å². The van der Waals surface area contributed by atoms with E-state index in [0.29, 0.717) is 12.1 Å². The first-order chi connectivity index (χ1) is 12.1. The molecule has 1 unspecified atom stereocenters. The molecule has 26 heavy (non-hydrogen) atoms. The number of benzene rings is 1. The maximum Gasteiger partial charge on any atom is 0.408 e. The van der Waals surface area contributed by atoms with Crippen molar-refractivity contribution in [3.05, 3.63) is 45.9 Å². The Morgan fingerprint density at radius 2 is 2.00 bits per heavy atom. The SMILES string of the molecule is Cc1nc([C@H](Cc2ccc(NS(=O)[O-])cc2)NC(=O)OC(C)(C)C)cs1. The number of rotatable bonds is 6. The summed E-state index contributed by atoms with van der Waals surface area (Å²) in [6, 6.07) is 6.60. The Kier molecular flexibility index (Phi) is 6.74. The molecule has 0 spiro atoms. The average Bonchev–Trinajstić information content (AvgIpc) is 2.92. The summed E-state index contributed by atoms with van der Waals surface area (Å²) in [4.78, 5) is 16.6. The molecule has 0 saturated heterocycles. The van der Waals surface area contributed by atoms with Gasteiger partial charge in [-0.2, -0.15) is 0 Å². The molecule has 0 fully saturated rings. The number of nitrogens with zero attached hydrogens (tertiary/aromatic N) is 1. The third-order valence-corrected chi connectivity index (χ3v) is 4.47. The Balaban J connectivity index is 2.13. The normalized spacial score (nSPS) is 13.7. The van der Waals surface area contributed by atoms with Crippen LogP contribution in [0.5, 0.6) is 0 Å². The first-order valence-corrected chi connectivity index (χ1v) is 9.94. The number of ether oxygens (including phenoxy) is 1. The van der Waals surface area contributed by atoms with Crippen LogP contribution in [0.15, 0.2) is 29.6 Å². The number of aryl methyl sites for hydroxylation is 1. The standard InChI is InChI=1S/C17H23N3O4S2/c1-11-18-15(10-25-11)14(19-16(21)24-17(2,3)4)9-12-5-7-13(8-6-12)20-26(22)23/h5-8,10,14,20H,9H2,1-4H3,(H,19,21)(H,22,23)/p-1/t14-/m0/s1. The molecular formula is C17H22N3O4S2-. The molecule has 7 nitrogen and oxygen atoms in total. The minimum absolute atomic E-state index is 0.345. The highest BCUT2D eigenvalue weighted by Gasteiger charge is 2.22. The van der Waals surface area contributed by atoms with E-state index in [2.05, 4.69) is 15.0 Å². The van der Waals surface area contributed by atoms with Gasteiger partial charge in [-0.15, -0.1) is 11.3 Å². The van der Waals surface area contributed by atoms with E-state index in [1.54, 1.807) is 45.0 Å². The maximum atomic E-state index is 12.2. The van der Waals surface area contributed by atoms with E-state index in [4.69, 9.17) is 4.74 Å². The minimum Gasteiger partial charge on any atom is -0.755 e. The summed E-state index contributed by atoms with van der Waals surface area (Å²) in [6.45, 7) is 7.32. The van der Waals surface area contributed by atoms with Gasteiger partial charge in [0.05, 0.1) is 16.7 Å². The fourth-order valence-electron chi connectivity index (χ4n) is 2.26. The smallest absolute Gasteiger partial charge is 0.408 e. The molecule has 0 aliphatic carbocycles. The Morgan fingerprint density at radius 1 is 1.35 bits per heavy atom. The van der Waals surface area contributed by atoms with Crippen molar-refractivity contribution in [3.8, 4) is 0 Å². The van der Waals surface area contributed by atoms with E-state index in [-0.39, 0.29) is 6.04 Å². The van der Waals surface area contributed by atoms with Crippen LogP contribution in [0.2, 0.25) is 0 Å². The summed E-state index contributed by atoms with van der Waals surface area (Å²) < 4.78 is 29.0. The minimum atomic E-state index is -2.36. The molecule has 142 valence electrons. The molecule has 1 heterocycles. The Bertz CT molecular complexity index is 769. The molecule has 1 aromatic carbocycles. The molecule has 2 rings (SSSR count). The van der Waals surface area contributed by atoms with Gasteiger partial charge in [-0.25, -0.2) is 9.78 Å². The fourth-order valence-corrected chi connectivity index (χ4v) is 3.26. The van der Waals surface area contributed by atoms with Crippen molar-refractivity contribution < 1.29 is 18.3 Å². The summed E-state index contributed by atoms with van der Waals surface area (Å²) in [6.07, 6.45) is -0.00317.